The highest BCUT2D eigenvalue weighted by atomic mass is 16.5. The smallest absolute Gasteiger partial charge is 0.276 e. The number of amides is 3. The Morgan fingerprint density at radius 3 is 2.83 bits per heavy atom. The van der Waals surface area contributed by atoms with E-state index >= 15 is 0 Å². The first-order valence-electron chi connectivity index (χ1n) is 8.32. The van der Waals surface area contributed by atoms with Gasteiger partial charge in [-0.15, -0.1) is 0 Å². The molecular weight excluding hydrogens is 312 g/mol. The number of hydrogen-bond donors (Lipinski definition) is 1. The van der Waals surface area contributed by atoms with Gasteiger partial charge in [0.25, 0.3) is 5.91 Å². The molecule has 1 aromatic heterocycles. The van der Waals surface area contributed by atoms with Gasteiger partial charge in [-0.1, -0.05) is 5.16 Å². The van der Waals surface area contributed by atoms with Crippen molar-refractivity contribution in [2.45, 2.75) is 26.2 Å². The van der Waals surface area contributed by atoms with Gasteiger partial charge in [-0.2, -0.15) is 0 Å². The van der Waals surface area contributed by atoms with E-state index in [1.807, 2.05) is 4.90 Å². The van der Waals surface area contributed by atoms with E-state index in [2.05, 4.69) is 10.5 Å². The SMILES string of the molecule is Cc1cc(C(=O)N2CC(C(=O)NCCCN3CCCC3=O)C2)no1. The predicted molar refractivity (Wildman–Crippen MR) is 84.1 cm³/mol. The van der Waals surface area contributed by atoms with E-state index in [0.717, 1.165) is 19.4 Å². The van der Waals surface area contributed by atoms with Gasteiger partial charge in [-0.05, 0) is 19.8 Å². The van der Waals surface area contributed by atoms with Gasteiger partial charge in [0.05, 0.1) is 5.92 Å². The van der Waals surface area contributed by atoms with Crippen LogP contribution in [0.1, 0.15) is 35.5 Å². The van der Waals surface area contributed by atoms with Gasteiger partial charge >= 0.3 is 0 Å². The minimum atomic E-state index is -0.205. The number of rotatable bonds is 6. The second-order valence-corrected chi connectivity index (χ2v) is 6.36. The molecule has 2 aliphatic rings. The molecule has 0 aliphatic carbocycles. The van der Waals surface area contributed by atoms with Crippen LogP contribution >= 0.6 is 0 Å². The molecule has 0 radical (unpaired) electrons. The average molecular weight is 334 g/mol. The third-order valence-electron chi connectivity index (χ3n) is 4.46. The molecule has 0 aromatic carbocycles. The van der Waals surface area contributed by atoms with E-state index in [0.29, 0.717) is 38.4 Å². The Balaban J connectivity index is 1.33. The molecule has 0 spiro atoms. The van der Waals surface area contributed by atoms with Crippen LogP contribution in [0.4, 0.5) is 0 Å². The number of nitrogens with one attached hydrogen (secondary N) is 1. The lowest BCUT2D eigenvalue weighted by Crippen LogP contribution is -2.55. The molecule has 24 heavy (non-hydrogen) atoms. The van der Waals surface area contributed by atoms with Crippen LogP contribution < -0.4 is 5.32 Å². The second kappa shape index (κ2) is 7.02. The molecule has 8 nitrogen and oxygen atoms in total. The number of nitrogens with zero attached hydrogens (tertiary/aromatic N) is 3. The van der Waals surface area contributed by atoms with Gasteiger partial charge in [-0.25, -0.2) is 0 Å². The molecule has 8 heteroatoms. The molecule has 3 rings (SSSR count). The number of aromatic nitrogens is 1. The molecule has 130 valence electrons. The number of aryl methyl sites for hydroxylation is 1. The van der Waals surface area contributed by atoms with Crippen molar-refractivity contribution < 1.29 is 18.9 Å². The van der Waals surface area contributed by atoms with E-state index < -0.39 is 0 Å². The summed E-state index contributed by atoms with van der Waals surface area (Å²) in [5, 5.41) is 6.57. The highest BCUT2D eigenvalue weighted by Crippen LogP contribution is 2.19. The summed E-state index contributed by atoms with van der Waals surface area (Å²) in [4.78, 5) is 39.0. The van der Waals surface area contributed by atoms with E-state index in [9.17, 15) is 14.4 Å². The zero-order valence-electron chi connectivity index (χ0n) is 13.8. The van der Waals surface area contributed by atoms with Gasteiger partial charge in [0.2, 0.25) is 11.8 Å². The summed E-state index contributed by atoms with van der Waals surface area (Å²) in [6.07, 6.45) is 2.33. The normalized spacial score (nSPS) is 18.0. The first kappa shape index (κ1) is 16.5. The lowest BCUT2D eigenvalue weighted by molar-refractivity contribution is -0.128. The van der Waals surface area contributed by atoms with Crippen molar-refractivity contribution in [1.29, 1.82) is 0 Å². The van der Waals surface area contributed by atoms with Crippen LogP contribution in [0.25, 0.3) is 0 Å². The molecule has 0 bridgehead atoms. The third kappa shape index (κ3) is 3.58. The number of carbonyl (C=O) groups is 3. The fourth-order valence-electron chi connectivity index (χ4n) is 3.01. The minimum Gasteiger partial charge on any atom is -0.361 e. The summed E-state index contributed by atoms with van der Waals surface area (Å²) in [6.45, 7) is 4.61. The van der Waals surface area contributed by atoms with Crippen LogP contribution in [-0.2, 0) is 9.59 Å². The minimum absolute atomic E-state index is 0.0388. The molecule has 3 heterocycles. The summed E-state index contributed by atoms with van der Waals surface area (Å²) in [5.41, 5.74) is 0.279. The van der Waals surface area contributed by atoms with Crippen LogP contribution in [0.15, 0.2) is 10.6 Å². The van der Waals surface area contributed by atoms with Crippen molar-refractivity contribution in [2.24, 2.45) is 5.92 Å². The van der Waals surface area contributed by atoms with Gasteiger partial charge in [0.1, 0.15) is 5.76 Å². The summed E-state index contributed by atoms with van der Waals surface area (Å²) in [6, 6.07) is 1.59. The predicted octanol–water partition coefficient (Wildman–Crippen LogP) is 0.184. The number of hydrogen-bond acceptors (Lipinski definition) is 5. The van der Waals surface area contributed by atoms with Gasteiger partial charge < -0.3 is 19.6 Å². The average Bonchev–Trinajstić information content (AvgIpc) is 3.11. The third-order valence-corrected chi connectivity index (χ3v) is 4.46. The fourth-order valence-corrected chi connectivity index (χ4v) is 3.01. The topological polar surface area (TPSA) is 95.8 Å². The van der Waals surface area contributed by atoms with Crippen LogP contribution in [-0.4, -0.2) is 65.4 Å². The van der Waals surface area contributed by atoms with Gasteiger partial charge in [0.15, 0.2) is 5.69 Å². The Labute approximate surface area is 140 Å². The van der Waals surface area contributed by atoms with Crippen molar-refractivity contribution in [3.05, 3.63) is 17.5 Å². The zero-order chi connectivity index (χ0) is 17.1. The summed E-state index contributed by atoms with van der Waals surface area (Å²) in [5.74, 6) is 0.379. The van der Waals surface area contributed by atoms with Crippen molar-refractivity contribution in [1.82, 2.24) is 20.3 Å². The van der Waals surface area contributed by atoms with Crippen LogP contribution in [0.2, 0.25) is 0 Å². The van der Waals surface area contributed by atoms with Gasteiger partial charge in [-0.3, -0.25) is 14.4 Å². The molecule has 3 amide bonds. The monoisotopic (exact) mass is 334 g/mol. The lowest BCUT2D eigenvalue weighted by Gasteiger charge is -2.37. The summed E-state index contributed by atoms with van der Waals surface area (Å²) in [7, 11) is 0. The van der Waals surface area contributed by atoms with Crippen LogP contribution in [0, 0.1) is 12.8 Å². The zero-order valence-corrected chi connectivity index (χ0v) is 13.8. The first-order valence-corrected chi connectivity index (χ1v) is 8.32. The Kier molecular flexibility index (Phi) is 4.82. The van der Waals surface area contributed by atoms with Crippen molar-refractivity contribution in [3.63, 3.8) is 0 Å². The Morgan fingerprint density at radius 2 is 2.21 bits per heavy atom. The molecular formula is C16H22N4O4. The Hall–Kier alpha value is -2.38. The molecule has 0 atom stereocenters. The Bertz CT molecular complexity index is 636. The van der Waals surface area contributed by atoms with E-state index in [1.54, 1.807) is 17.9 Å². The molecule has 2 saturated heterocycles. The second-order valence-electron chi connectivity index (χ2n) is 6.36. The molecule has 1 aromatic rings. The maximum Gasteiger partial charge on any atom is 0.276 e. The molecule has 2 aliphatic heterocycles. The quantitative estimate of drug-likeness (QED) is 0.749. The maximum absolute atomic E-state index is 12.1. The summed E-state index contributed by atoms with van der Waals surface area (Å²) < 4.78 is 4.89. The number of carbonyl (C=O) groups excluding carboxylic acids is 3. The summed E-state index contributed by atoms with van der Waals surface area (Å²) >= 11 is 0. The standard InChI is InChI=1S/C16H22N4O4/c1-11-8-13(18-24-11)16(23)20-9-12(10-20)15(22)17-5-3-7-19-6-2-4-14(19)21/h8,12H,2-7,9-10H2,1H3,(H,17,22). The van der Waals surface area contributed by atoms with E-state index in [1.165, 1.54) is 0 Å². The van der Waals surface area contributed by atoms with Crippen molar-refractivity contribution in [3.8, 4) is 0 Å². The van der Waals surface area contributed by atoms with E-state index in [4.69, 9.17) is 4.52 Å². The molecule has 0 unspecified atom stereocenters. The highest BCUT2D eigenvalue weighted by molar-refractivity contribution is 5.94. The van der Waals surface area contributed by atoms with Gasteiger partial charge in [0, 0.05) is 45.2 Å². The number of likely N-dealkylation sites (tertiary alicyclic amines) is 2. The fraction of sp³-hybridized carbons (Fsp3) is 0.625. The molecule has 0 saturated carbocycles. The van der Waals surface area contributed by atoms with Crippen molar-refractivity contribution >= 4 is 17.7 Å². The van der Waals surface area contributed by atoms with E-state index in [-0.39, 0.29) is 29.3 Å². The molecule has 2 fully saturated rings. The Morgan fingerprint density at radius 1 is 1.42 bits per heavy atom. The van der Waals surface area contributed by atoms with Crippen LogP contribution in [0.5, 0.6) is 0 Å². The lowest BCUT2D eigenvalue weighted by atomic mass is 9.98. The molecule has 1 N–H and O–H groups in total. The van der Waals surface area contributed by atoms with Crippen molar-refractivity contribution in [2.75, 3.05) is 32.7 Å². The maximum atomic E-state index is 12.1. The van der Waals surface area contributed by atoms with Crippen LogP contribution in [0.3, 0.4) is 0 Å². The first-order chi connectivity index (χ1) is 11.5. The highest BCUT2D eigenvalue weighted by Gasteiger charge is 2.36. The largest absolute Gasteiger partial charge is 0.361 e.